The number of hydrogen-bond donors (Lipinski definition) is 3. The summed E-state index contributed by atoms with van der Waals surface area (Å²) < 4.78 is 15.3. The molecule has 9 heteroatoms. The van der Waals surface area contributed by atoms with Gasteiger partial charge in [-0.2, -0.15) is 0 Å². The van der Waals surface area contributed by atoms with Crippen molar-refractivity contribution in [2.45, 2.75) is 57.4 Å². The number of ketones is 2. The fraction of sp³-hybridized carbons (Fsp3) is 0.308. The molecule has 1 unspecified atom stereocenters. The minimum atomic E-state index is 0.194. The zero-order valence-corrected chi connectivity index (χ0v) is 27.6. The lowest BCUT2D eigenvalue weighted by Crippen LogP contribution is -2.04. The number of carbonyl (C=O) groups excluding carboxylic acids is 2. The van der Waals surface area contributed by atoms with Crippen molar-refractivity contribution in [2.75, 3.05) is 21.3 Å². The Labute approximate surface area is 281 Å². The van der Waals surface area contributed by atoms with Crippen molar-refractivity contribution >= 4 is 17.3 Å². The molecule has 9 nitrogen and oxygen atoms in total. The minimum Gasteiger partial charge on any atom is -0.508 e. The molecule has 0 bridgehead atoms. The number of methoxy groups -OCH3 is 3. The van der Waals surface area contributed by atoms with Gasteiger partial charge in [0.05, 0.1) is 27.0 Å². The second kappa shape index (κ2) is 15.6. The number of oxime groups is 1. The number of phenols is 1. The summed E-state index contributed by atoms with van der Waals surface area (Å²) in [4.78, 5) is 22.3. The fourth-order valence-electron chi connectivity index (χ4n) is 6.43. The lowest BCUT2D eigenvalue weighted by atomic mass is 10.1. The number of rotatable bonds is 3. The van der Waals surface area contributed by atoms with Crippen LogP contribution in [0.1, 0.15) is 85.8 Å². The average Bonchev–Trinajstić information content (AvgIpc) is 3.90. The number of benzene rings is 4. The molecule has 4 aliphatic rings. The highest BCUT2D eigenvalue weighted by Gasteiger charge is 2.21. The first kappa shape index (κ1) is 34.2. The van der Waals surface area contributed by atoms with Gasteiger partial charge in [0.1, 0.15) is 23.0 Å². The summed E-state index contributed by atoms with van der Waals surface area (Å²) >= 11 is 0. The first-order valence-corrected chi connectivity index (χ1v) is 16.1. The molecule has 0 saturated heterocycles. The molecule has 4 aliphatic carbocycles. The molecule has 0 amide bonds. The van der Waals surface area contributed by atoms with E-state index in [9.17, 15) is 9.59 Å². The molecule has 0 aliphatic heterocycles. The molecule has 0 heterocycles. The zero-order valence-electron chi connectivity index (χ0n) is 27.6. The highest BCUT2D eigenvalue weighted by Crippen LogP contribution is 2.32. The van der Waals surface area contributed by atoms with Crippen LogP contribution in [-0.4, -0.2) is 48.9 Å². The van der Waals surface area contributed by atoms with E-state index in [1.807, 2.05) is 42.5 Å². The third-order valence-electron chi connectivity index (χ3n) is 9.09. The molecule has 48 heavy (non-hydrogen) atoms. The van der Waals surface area contributed by atoms with Crippen LogP contribution >= 0.6 is 0 Å². The number of carbonyl (C=O) groups is 2. The third-order valence-corrected chi connectivity index (χ3v) is 9.09. The predicted molar refractivity (Wildman–Crippen MR) is 184 cm³/mol. The molecule has 8 rings (SSSR count). The highest BCUT2D eigenvalue weighted by atomic mass is 16.5. The van der Waals surface area contributed by atoms with Crippen LogP contribution in [0.15, 0.2) is 78.0 Å². The van der Waals surface area contributed by atoms with Crippen molar-refractivity contribution in [1.29, 1.82) is 0 Å². The van der Waals surface area contributed by atoms with Crippen LogP contribution in [0.5, 0.6) is 23.0 Å². The normalized spacial score (nSPS) is 17.0. The van der Waals surface area contributed by atoms with Gasteiger partial charge in [0, 0.05) is 35.6 Å². The van der Waals surface area contributed by atoms with Gasteiger partial charge in [0.15, 0.2) is 11.6 Å². The van der Waals surface area contributed by atoms with Crippen LogP contribution < -0.4 is 19.9 Å². The number of phenolic OH excluding ortho intramolecular Hbond substituents is 1. The van der Waals surface area contributed by atoms with Crippen LogP contribution in [0.2, 0.25) is 0 Å². The Morgan fingerprint density at radius 1 is 0.604 bits per heavy atom. The Kier molecular flexibility index (Phi) is 11.1. The number of nitrogens with two attached hydrogens (primary N) is 1. The van der Waals surface area contributed by atoms with Gasteiger partial charge in [0.25, 0.3) is 0 Å². The van der Waals surface area contributed by atoms with Crippen LogP contribution in [0.25, 0.3) is 0 Å². The van der Waals surface area contributed by atoms with E-state index in [1.165, 1.54) is 16.7 Å². The van der Waals surface area contributed by atoms with Crippen molar-refractivity contribution in [1.82, 2.24) is 0 Å². The van der Waals surface area contributed by atoms with E-state index >= 15 is 0 Å². The minimum absolute atomic E-state index is 0.194. The van der Waals surface area contributed by atoms with E-state index < -0.39 is 0 Å². The van der Waals surface area contributed by atoms with Crippen LogP contribution in [0.3, 0.4) is 0 Å². The van der Waals surface area contributed by atoms with Gasteiger partial charge >= 0.3 is 0 Å². The largest absolute Gasteiger partial charge is 0.508 e. The van der Waals surface area contributed by atoms with E-state index in [0.717, 1.165) is 89.3 Å². The number of hydrogen-bond acceptors (Lipinski definition) is 9. The van der Waals surface area contributed by atoms with Crippen LogP contribution in [0.4, 0.5) is 0 Å². The topological polar surface area (TPSA) is 141 Å². The second-order valence-corrected chi connectivity index (χ2v) is 12.0. The maximum atomic E-state index is 11.2. The molecule has 0 radical (unpaired) electrons. The fourth-order valence-corrected chi connectivity index (χ4v) is 6.43. The molecule has 4 aromatic rings. The van der Waals surface area contributed by atoms with Gasteiger partial charge in [0.2, 0.25) is 0 Å². The molecular weight excluding hydrogens is 608 g/mol. The number of Topliss-reactive ketones (excluding diaryl/α,β-unsaturated/α-hetero) is 2. The highest BCUT2D eigenvalue weighted by molar-refractivity contribution is 6.04. The second-order valence-electron chi connectivity index (χ2n) is 12.0. The Balaban J connectivity index is 0.000000125. The van der Waals surface area contributed by atoms with Gasteiger partial charge in [-0.1, -0.05) is 11.2 Å². The van der Waals surface area contributed by atoms with Crippen LogP contribution in [-0.2, 0) is 25.7 Å². The number of fused-ring (bicyclic) bond motifs is 4. The maximum absolute atomic E-state index is 11.2. The monoisotopic (exact) mass is 650 g/mol. The SMILES string of the molecule is COc1ccc2c(c1)CC/C2=N\O.COc1ccc2c(c1)CCC2=O.COc1ccc2c(c1)CCC2N.O=C1CCc2cc(O)ccc21. The Morgan fingerprint density at radius 2 is 1.08 bits per heavy atom. The van der Waals surface area contributed by atoms with Crippen molar-refractivity contribution in [3.05, 3.63) is 117 Å². The Morgan fingerprint density at radius 3 is 1.67 bits per heavy atom. The summed E-state index contributed by atoms with van der Waals surface area (Å²) in [6, 6.07) is 22.7. The molecule has 1 atom stereocenters. The Bertz CT molecular complexity index is 1830. The van der Waals surface area contributed by atoms with E-state index in [0.29, 0.717) is 12.8 Å². The quantitative estimate of drug-likeness (QED) is 0.162. The molecule has 250 valence electrons. The number of aryl methyl sites for hydroxylation is 4. The van der Waals surface area contributed by atoms with Gasteiger partial charge in [-0.3, -0.25) is 9.59 Å². The smallest absolute Gasteiger partial charge is 0.163 e. The van der Waals surface area contributed by atoms with Gasteiger partial charge in [-0.25, -0.2) is 0 Å². The van der Waals surface area contributed by atoms with Crippen LogP contribution in [0, 0.1) is 0 Å². The number of nitrogens with zero attached hydrogens (tertiary/aromatic N) is 1. The number of aromatic hydroxyl groups is 1. The molecule has 0 saturated carbocycles. The van der Waals surface area contributed by atoms with E-state index in [1.54, 1.807) is 39.5 Å². The van der Waals surface area contributed by atoms with Gasteiger partial charge < -0.3 is 30.3 Å². The molecule has 0 fully saturated rings. The third kappa shape index (κ3) is 7.86. The summed E-state index contributed by atoms with van der Waals surface area (Å²) in [7, 11) is 4.98. The predicted octanol–water partition coefficient (Wildman–Crippen LogP) is 6.81. The maximum Gasteiger partial charge on any atom is 0.163 e. The zero-order chi connectivity index (χ0) is 34.2. The average molecular weight is 651 g/mol. The summed E-state index contributed by atoms with van der Waals surface area (Å²) in [6.45, 7) is 0. The lowest BCUT2D eigenvalue weighted by Gasteiger charge is -2.05. The molecule has 0 spiro atoms. The lowest BCUT2D eigenvalue weighted by molar-refractivity contribution is 0.0986. The van der Waals surface area contributed by atoms with Crippen molar-refractivity contribution in [3.63, 3.8) is 0 Å². The molecule has 0 aromatic heterocycles. The summed E-state index contributed by atoms with van der Waals surface area (Å²) in [5.41, 5.74) is 15.3. The van der Waals surface area contributed by atoms with E-state index in [2.05, 4.69) is 17.3 Å². The first-order chi connectivity index (χ1) is 23.2. The summed E-state index contributed by atoms with van der Waals surface area (Å²) in [6.07, 6.45) is 6.82. The standard InChI is InChI=1S/C10H11NO2.C10H13NO.C10H10O2.C9H8O2/c1-13-8-3-4-9-7(6-8)2-5-10(9)11-12;2*1-12-8-3-4-9-7(6-8)2-5-10(9)11;10-7-2-3-8-6(5-7)1-4-9(8)11/h3-4,6,12H,2,5H2,1H3;3-4,6,10H,2,5,11H2,1H3;3-4,6H,2,5H2,1H3;2-3,5,10H,1,4H2/b11-10+;;;. The first-order valence-electron chi connectivity index (χ1n) is 16.1. The molecular formula is C39H42N2O7. The number of ether oxygens (including phenoxy) is 3. The van der Waals surface area contributed by atoms with E-state index in [-0.39, 0.29) is 23.4 Å². The summed E-state index contributed by atoms with van der Waals surface area (Å²) in [5.74, 6) is 3.33. The molecule has 4 aromatic carbocycles. The Hall–Kier alpha value is -5.15. The van der Waals surface area contributed by atoms with Gasteiger partial charge in [-0.05, 0) is 133 Å². The molecule has 4 N–H and O–H groups in total. The van der Waals surface area contributed by atoms with Crippen molar-refractivity contribution in [3.8, 4) is 23.0 Å². The van der Waals surface area contributed by atoms with Crippen molar-refractivity contribution in [2.24, 2.45) is 10.9 Å². The van der Waals surface area contributed by atoms with E-state index in [4.69, 9.17) is 30.3 Å². The van der Waals surface area contributed by atoms with Crippen molar-refractivity contribution < 1.29 is 34.1 Å². The van der Waals surface area contributed by atoms with Gasteiger partial charge in [-0.15, -0.1) is 0 Å². The summed E-state index contributed by atoms with van der Waals surface area (Å²) in [5, 5.41) is 21.0.